The molecule has 0 bridgehead atoms. The number of fused-ring (bicyclic) bond motifs is 1. The van der Waals surface area contributed by atoms with Crippen molar-refractivity contribution in [3.05, 3.63) is 51.1 Å². The summed E-state index contributed by atoms with van der Waals surface area (Å²) in [6.45, 7) is 0.188. The third kappa shape index (κ3) is 3.24. The molecule has 2 aromatic carbocycles. The van der Waals surface area contributed by atoms with Crippen LogP contribution in [0.25, 0.3) is 0 Å². The summed E-state index contributed by atoms with van der Waals surface area (Å²) in [4.78, 5) is 12.3. The lowest BCUT2D eigenvalue weighted by atomic mass is 10.2. The van der Waals surface area contributed by atoms with Crippen molar-refractivity contribution in [2.75, 3.05) is 11.9 Å². The van der Waals surface area contributed by atoms with E-state index in [1.807, 2.05) is 18.2 Å². The molecule has 108 valence electrons. The first-order valence-corrected chi connectivity index (χ1v) is 7.73. The minimum atomic E-state index is -0.675. The molecule has 0 fully saturated rings. The Hall–Kier alpha value is -1.47. The van der Waals surface area contributed by atoms with Crippen molar-refractivity contribution in [1.29, 1.82) is 0 Å². The Morgan fingerprint density at radius 1 is 1.24 bits per heavy atom. The highest BCUT2D eigenvalue weighted by atomic mass is 127. The molecule has 2 aromatic rings. The lowest BCUT2D eigenvalue weighted by molar-refractivity contribution is -0.125. The monoisotopic (exact) mass is 415 g/mol. The van der Waals surface area contributed by atoms with Crippen LogP contribution < -0.4 is 14.8 Å². The van der Waals surface area contributed by atoms with Crippen LogP contribution in [-0.4, -0.2) is 18.6 Å². The van der Waals surface area contributed by atoms with Crippen LogP contribution in [0.2, 0.25) is 5.02 Å². The number of hydrogen-bond acceptors (Lipinski definition) is 3. The maximum absolute atomic E-state index is 12.3. The summed E-state index contributed by atoms with van der Waals surface area (Å²) in [6.07, 6.45) is -0.675. The van der Waals surface area contributed by atoms with E-state index in [0.29, 0.717) is 22.2 Å². The van der Waals surface area contributed by atoms with E-state index < -0.39 is 6.10 Å². The number of carbonyl (C=O) groups is 1. The van der Waals surface area contributed by atoms with Gasteiger partial charge in [0.15, 0.2) is 11.5 Å². The van der Waals surface area contributed by atoms with E-state index in [2.05, 4.69) is 27.9 Å². The molecule has 3 rings (SSSR count). The van der Waals surface area contributed by atoms with Gasteiger partial charge in [0, 0.05) is 8.59 Å². The molecule has 0 saturated carbocycles. The van der Waals surface area contributed by atoms with Gasteiger partial charge < -0.3 is 14.8 Å². The van der Waals surface area contributed by atoms with Crippen molar-refractivity contribution in [3.8, 4) is 11.5 Å². The summed E-state index contributed by atoms with van der Waals surface area (Å²) in [5.41, 5.74) is 0.701. The number of rotatable bonds is 2. The molecule has 6 heteroatoms. The molecule has 1 amide bonds. The summed E-state index contributed by atoms with van der Waals surface area (Å²) < 4.78 is 12.1. The minimum Gasteiger partial charge on any atom is -0.485 e. The molecule has 0 aromatic heterocycles. The van der Waals surface area contributed by atoms with E-state index in [9.17, 15) is 4.79 Å². The second kappa shape index (κ2) is 6.11. The van der Waals surface area contributed by atoms with Crippen molar-refractivity contribution >= 4 is 45.8 Å². The highest BCUT2D eigenvalue weighted by Gasteiger charge is 2.27. The van der Waals surface area contributed by atoms with Gasteiger partial charge in [0.25, 0.3) is 5.91 Å². The Balaban J connectivity index is 1.72. The first-order chi connectivity index (χ1) is 10.1. The van der Waals surface area contributed by atoms with E-state index in [-0.39, 0.29) is 12.5 Å². The van der Waals surface area contributed by atoms with Gasteiger partial charge in [-0.15, -0.1) is 0 Å². The SMILES string of the molecule is O=C(Nc1ccc(Cl)cc1I)C1COc2ccccc2O1. The summed E-state index contributed by atoms with van der Waals surface area (Å²) >= 11 is 8.02. The zero-order chi connectivity index (χ0) is 14.8. The average molecular weight is 416 g/mol. The molecule has 1 heterocycles. The van der Waals surface area contributed by atoms with Crippen molar-refractivity contribution in [2.24, 2.45) is 0 Å². The van der Waals surface area contributed by atoms with E-state index in [1.165, 1.54) is 0 Å². The molecule has 1 aliphatic rings. The summed E-state index contributed by atoms with van der Waals surface area (Å²) in [5.74, 6) is 0.988. The topological polar surface area (TPSA) is 47.6 Å². The van der Waals surface area contributed by atoms with Crippen LogP contribution in [0.1, 0.15) is 0 Å². The smallest absolute Gasteiger partial charge is 0.269 e. The van der Waals surface area contributed by atoms with Gasteiger partial charge in [0.1, 0.15) is 6.61 Å². The number of hydrogen-bond donors (Lipinski definition) is 1. The number of benzene rings is 2. The Labute approximate surface area is 140 Å². The van der Waals surface area contributed by atoms with Crippen LogP contribution in [0.15, 0.2) is 42.5 Å². The molecule has 4 nitrogen and oxygen atoms in total. The molecule has 1 atom stereocenters. The van der Waals surface area contributed by atoms with Crippen LogP contribution in [0, 0.1) is 3.57 Å². The van der Waals surface area contributed by atoms with Crippen molar-refractivity contribution < 1.29 is 14.3 Å². The quantitative estimate of drug-likeness (QED) is 0.761. The van der Waals surface area contributed by atoms with Gasteiger partial charge in [-0.3, -0.25) is 4.79 Å². The lowest BCUT2D eigenvalue weighted by Crippen LogP contribution is -2.40. The molecule has 0 spiro atoms. The zero-order valence-electron chi connectivity index (χ0n) is 10.8. The number of nitrogens with one attached hydrogen (secondary N) is 1. The van der Waals surface area contributed by atoms with Gasteiger partial charge in [-0.25, -0.2) is 0 Å². The Kier molecular flexibility index (Phi) is 4.21. The van der Waals surface area contributed by atoms with Gasteiger partial charge >= 0.3 is 0 Å². The van der Waals surface area contributed by atoms with Crippen LogP contribution in [0.5, 0.6) is 11.5 Å². The number of ether oxygens (including phenoxy) is 2. The molecule has 0 radical (unpaired) electrons. The minimum absolute atomic E-state index is 0.188. The van der Waals surface area contributed by atoms with E-state index >= 15 is 0 Å². The fourth-order valence-corrected chi connectivity index (χ4v) is 2.96. The number of halogens is 2. The normalized spacial score (nSPS) is 16.4. The first-order valence-electron chi connectivity index (χ1n) is 6.28. The van der Waals surface area contributed by atoms with Crippen LogP contribution in [0.3, 0.4) is 0 Å². The maximum atomic E-state index is 12.3. The third-order valence-electron chi connectivity index (χ3n) is 2.99. The third-order valence-corrected chi connectivity index (χ3v) is 4.12. The standard InChI is InChI=1S/C15H11ClINO3/c16-9-5-6-11(10(17)7-9)18-15(19)14-8-20-12-3-1-2-4-13(12)21-14/h1-7,14H,8H2,(H,18,19). The Morgan fingerprint density at radius 2 is 2.00 bits per heavy atom. The van der Waals surface area contributed by atoms with Gasteiger partial charge in [0.2, 0.25) is 6.10 Å². The highest BCUT2D eigenvalue weighted by molar-refractivity contribution is 14.1. The Bertz CT molecular complexity index is 692. The van der Waals surface area contributed by atoms with Gasteiger partial charge in [-0.2, -0.15) is 0 Å². The zero-order valence-corrected chi connectivity index (χ0v) is 13.7. The van der Waals surface area contributed by atoms with Crippen molar-refractivity contribution in [1.82, 2.24) is 0 Å². The van der Waals surface area contributed by atoms with Crippen LogP contribution >= 0.6 is 34.2 Å². The fraction of sp³-hybridized carbons (Fsp3) is 0.133. The number of anilines is 1. The second-order valence-electron chi connectivity index (χ2n) is 4.48. The van der Waals surface area contributed by atoms with Crippen molar-refractivity contribution in [2.45, 2.75) is 6.10 Å². The predicted octanol–water partition coefficient (Wildman–Crippen LogP) is 3.72. The fourth-order valence-electron chi connectivity index (χ4n) is 1.95. The molecule has 0 saturated heterocycles. The second-order valence-corrected chi connectivity index (χ2v) is 6.08. The molecule has 1 N–H and O–H groups in total. The summed E-state index contributed by atoms with van der Waals surface area (Å²) in [6, 6.07) is 12.6. The highest BCUT2D eigenvalue weighted by Crippen LogP contribution is 2.31. The molecule has 1 unspecified atom stereocenters. The molecular weight excluding hydrogens is 405 g/mol. The lowest BCUT2D eigenvalue weighted by Gasteiger charge is -2.25. The van der Waals surface area contributed by atoms with Crippen molar-refractivity contribution in [3.63, 3.8) is 0 Å². The predicted molar refractivity (Wildman–Crippen MR) is 89.2 cm³/mol. The average Bonchev–Trinajstić information content (AvgIpc) is 2.49. The molecule has 21 heavy (non-hydrogen) atoms. The van der Waals surface area contributed by atoms with E-state index in [0.717, 1.165) is 3.57 Å². The largest absolute Gasteiger partial charge is 0.485 e. The van der Waals surface area contributed by atoms with Gasteiger partial charge in [0.05, 0.1) is 5.69 Å². The van der Waals surface area contributed by atoms with E-state index in [1.54, 1.807) is 24.3 Å². The first kappa shape index (κ1) is 14.5. The number of para-hydroxylation sites is 2. The molecular formula is C15H11ClINO3. The van der Waals surface area contributed by atoms with Gasteiger partial charge in [-0.1, -0.05) is 23.7 Å². The number of carbonyl (C=O) groups excluding carboxylic acids is 1. The summed E-state index contributed by atoms with van der Waals surface area (Å²) in [7, 11) is 0. The maximum Gasteiger partial charge on any atom is 0.269 e. The molecule has 0 aliphatic carbocycles. The number of amides is 1. The van der Waals surface area contributed by atoms with Gasteiger partial charge in [-0.05, 0) is 52.9 Å². The van der Waals surface area contributed by atoms with Crippen LogP contribution in [-0.2, 0) is 4.79 Å². The summed E-state index contributed by atoms with van der Waals surface area (Å²) in [5, 5.41) is 3.46. The van der Waals surface area contributed by atoms with Crippen LogP contribution in [0.4, 0.5) is 5.69 Å². The Morgan fingerprint density at radius 3 is 2.76 bits per heavy atom. The van der Waals surface area contributed by atoms with E-state index in [4.69, 9.17) is 21.1 Å². The molecule has 1 aliphatic heterocycles.